The maximum absolute atomic E-state index is 13.0. The molecular weight excluding hydrogens is 303 g/mol. The molecule has 1 aliphatic rings. The highest BCUT2D eigenvalue weighted by Gasteiger charge is 2.33. The SMILES string of the molecule is OCCCCN1CCC[C@@H](CCc2ccccc2C(F)(F)F)C1. The number of likely N-dealkylation sites (tertiary alicyclic amines) is 1. The van der Waals surface area contributed by atoms with E-state index in [0.29, 0.717) is 17.9 Å². The van der Waals surface area contributed by atoms with Crippen LogP contribution in [0.3, 0.4) is 0 Å². The lowest BCUT2D eigenvalue weighted by molar-refractivity contribution is -0.138. The highest BCUT2D eigenvalue weighted by Crippen LogP contribution is 2.33. The molecule has 0 unspecified atom stereocenters. The Bertz CT molecular complexity index is 476. The summed E-state index contributed by atoms with van der Waals surface area (Å²) in [5, 5.41) is 8.84. The molecule has 1 aliphatic heterocycles. The molecule has 1 N–H and O–H groups in total. The van der Waals surface area contributed by atoms with Crippen LogP contribution in [0, 0.1) is 5.92 Å². The summed E-state index contributed by atoms with van der Waals surface area (Å²) in [4.78, 5) is 2.39. The number of aliphatic hydroxyl groups excluding tert-OH is 1. The Kier molecular flexibility index (Phi) is 6.90. The third-order valence-electron chi connectivity index (χ3n) is 4.63. The highest BCUT2D eigenvalue weighted by atomic mass is 19.4. The summed E-state index contributed by atoms with van der Waals surface area (Å²) < 4.78 is 39.1. The molecule has 0 bridgehead atoms. The van der Waals surface area contributed by atoms with Gasteiger partial charge in [0.2, 0.25) is 0 Å². The minimum atomic E-state index is -4.26. The molecule has 0 radical (unpaired) electrons. The van der Waals surface area contributed by atoms with Crippen molar-refractivity contribution in [2.45, 2.75) is 44.7 Å². The van der Waals surface area contributed by atoms with E-state index in [1.54, 1.807) is 12.1 Å². The van der Waals surface area contributed by atoms with Crippen LogP contribution in [-0.4, -0.2) is 36.2 Å². The van der Waals surface area contributed by atoms with Crippen molar-refractivity contribution < 1.29 is 18.3 Å². The summed E-state index contributed by atoms with van der Waals surface area (Å²) >= 11 is 0. The van der Waals surface area contributed by atoms with E-state index < -0.39 is 11.7 Å². The molecule has 5 heteroatoms. The molecule has 0 aromatic heterocycles. The first-order chi connectivity index (χ1) is 11.0. The summed E-state index contributed by atoms with van der Waals surface area (Å²) in [7, 11) is 0. The molecule has 0 saturated carbocycles. The van der Waals surface area contributed by atoms with Crippen LogP contribution >= 0.6 is 0 Å². The minimum Gasteiger partial charge on any atom is -0.396 e. The third kappa shape index (κ3) is 5.81. The molecule has 0 amide bonds. The molecule has 23 heavy (non-hydrogen) atoms. The number of rotatable bonds is 7. The number of hydrogen-bond donors (Lipinski definition) is 1. The van der Waals surface area contributed by atoms with Gasteiger partial charge in [0.25, 0.3) is 0 Å². The van der Waals surface area contributed by atoms with E-state index in [-0.39, 0.29) is 6.61 Å². The van der Waals surface area contributed by atoms with Crippen molar-refractivity contribution in [1.82, 2.24) is 4.90 Å². The van der Waals surface area contributed by atoms with Crippen LogP contribution in [0.1, 0.15) is 43.2 Å². The van der Waals surface area contributed by atoms with Crippen molar-refractivity contribution in [2.24, 2.45) is 5.92 Å². The smallest absolute Gasteiger partial charge is 0.396 e. The first-order valence-electron chi connectivity index (χ1n) is 8.49. The Morgan fingerprint density at radius 2 is 1.96 bits per heavy atom. The molecule has 130 valence electrons. The van der Waals surface area contributed by atoms with Gasteiger partial charge >= 0.3 is 6.18 Å². The van der Waals surface area contributed by atoms with Crippen molar-refractivity contribution in [2.75, 3.05) is 26.2 Å². The van der Waals surface area contributed by atoms with Crippen LogP contribution < -0.4 is 0 Å². The number of unbranched alkanes of at least 4 members (excludes halogenated alkanes) is 1. The van der Waals surface area contributed by atoms with Gasteiger partial charge in [0, 0.05) is 13.2 Å². The van der Waals surface area contributed by atoms with Crippen molar-refractivity contribution >= 4 is 0 Å². The maximum Gasteiger partial charge on any atom is 0.416 e. The number of benzene rings is 1. The van der Waals surface area contributed by atoms with E-state index in [2.05, 4.69) is 4.90 Å². The van der Waals surface area contributed by atoms with Gasteiger partial charge in [-0.1, -0.05) is 18.2 Å². The Morgan fingerprint density at radius 1 is 1.17 bits per heavy atom. The monoisotopic (exact) mass is 329 g/mol. The van der Waals surface area contributed by atoms with Crippen LogP contribution in [-0.2, 0) is 12.6 Å². The topological polar surface area (TPSA) is 23.5 Å². The van der Waals surface area contributed by atoms with E-state index in [1.165, 1.54) is 12.1 Å². The van der Waals surface area contributed by atoms with Crippen molar-refractivity contribution in [3.8, 4) is 0 Å². The van der Waals surface area contributed by atoms with Crippen molar-refractivity contribution in [3.05, 3.63) is 35.4 Å². The lowest BCUT2D eigenvalue weighted by Crippen LogP contribution is -2.36. The number of aryl methyl sites for hydroxylation is 1. The number of piperidine rings is 1. The van der Waals surface area contributed by atoms with Crippen LogP contribution in [0.2, 0.25) is 0 Å². The van der Waals surface area contributed by atoms with Crippen LogP contribution in [0.15, 0.2) is 24.3 Å². The van der Waals surface area contributed by atoms with Gasteiger partial charge in [0.05, 0.1) is 5.56 Å². The van der Waals surface area contributed by atoms with Gasteiger partial charge in [0.1, 0.15) is 0 Å². The van der Waals surface area contributed by atoms with Gasteiger partial charge in [-0.15, -0.1) is 0 Å². The molecule has 2 rings (SSSR count). The predicted molar refractivity (Wildman–Crippen MR) is 85.2 cm³/mol. The normalized spacial score (nSPS) is 19.9. The van der Waals surface area contributed by atoms with Gasteiger partial charge < -0.3 is 10.0 Å². The second kappa shape index (κ2) is 8.69. The zero-order chi connectivity index (χ0) is 16.7. The van der Waals surface area contributed by atoms with Gasteiger partial charge in [0.15, 0.2) is 0 Å². The fourth-order valence-corrected chi connectivity index (χ4v) is 3.41. The van der Waals surface area contributed by atoms with Gasteiger partial charge in [-0.2, -0.15) is 13.2 Å². The van der Waals surface area contributed by atoms with Gasteiger partial charge in [-0.25, -0.2) is 0 Å². The largest absolute Gasteiger partial charge is 0.416 e. The average Bonchev–Trinajstić information content (AvgIpc) is 2.53. The Hall–Kier alpha value is -1.07. The van der Waals surface area contributed by atoms with Gasteiger partial charge in [-0.3, -0.25) is 0 Å². The molecule has 1 fully saturated rings. The van der Waals surface area contributed by atoms with E-state index in [9.17, 15) is 13.2 Å². The first kappa shape index (κ1) is 18.3. The summed E-state index contributed by atoms with van der Waals surface area (Å²) in [5.41, 5.74) is -0.0759. The molecule has 1 aromatic rings. The number of halogens is 3. The van der Waals surface area contributed by atoms with E-state index in [4.69, 9.17) is 5.11 Å². The third-order valence-corrected chi connectivity index (χ3v) is 4.63. The Balaban J connectivity index is 1.86. The minimum absolute atomic E-state index is 0.228. The second-order valence-corrected chi connectivity index (χ2v) is 6.43. The fraction of sp³-hybridized carbons (Fsp3) is 0.667. The quantitative estimate of drug-likeness (QED) is 0.761. The van der Waals surface area contributed by atoms with Crippen molar-refractivity contribution in [1.29, 1.82) is 0 Å². The zero-order valence-corrected chi connectivity index (χ0v) is 13.5. The Morgan fingerprint density at radius 3 is 2.70 bits per heavy atom. The zero-order valence-electron chi connectivity index (χ0n) is 13.5. The fourth-order valence-electron chi connectivity index (χ4n) is 3.41. The molecule has 0 spiro atoms. The number of alkyl halides is 3. The van der Waals surface area contributed by atoms with E-state index in [0.717, 1.165) is 51.7 Å². The van der Waals surface area contributed by atoms with E-state index in [1.807, 2.05) is 0 Å². The second-order valence-electron chi connectivity index (χ2n) is 6.43. The first-order valence-corrected chi connectivity index (χ1v) is 8.49. The highest BCUT2D eigenvalue weighted by molar-refractivity contribution is 5.29. The summed E-state index contributed by atoms with van der Waals surface area (Å²) in [6.45, 7) is 3.25. The molecule has 1 atom stereocenters. The number of aliphatic hydroxyl groups is 1. The lowest BCUT2D eigenvalue weighted by Gasteiger charge is -2.33. The standard InChI is InChI=1S/C18H26F3NO/c19-18(20,21)17-8-2-1-7-16(17)10-9-15-6-5-12-22(14-15)11-3-4-13-23/h1-2,7-8,15,23H,3-6,9-14H2/t15-/m0/s1. The maximum atomic E-state index is 13.0. The summed E-state index contributed by atoms with van der Waals surface area (Å²) in [6, 6.07) is 5.92. The predicted octanol–water partition coefficient (Wildman–Crippen LogP) is 4.12. The molecular formula is C18H26F3NO. The molecule has 2 nitrogen and oxygen atoms in total. The summed E-state index contributed by atoms with van der Waals surface area (Å²) in [6.07, 6.45) is 1.06. The molecule has 1 saturated heterocycles. The van der Waals surface area contributed by atoms with Crippen molar-refractivity contribution in [3.63, 3.8) is 0 Å². The molecule has 0 aliphatic carbocycles. The van der Waals surface area contributed by atoms with Crippen LogP contribution in [0.5, 0.6) is 0 Å². The van der Waals surface area contributed by atoms with Crippen LogP contribution in [0.25, 0.3) is 0 Å². The average molecular weight is 329 g/mol. The molecule has 1 heterocycles. The number of hydrogen-bond acceptors (Lipinski definition) is 2. The summed E-state index contributed by atoms with van der Waals surface area (Å²) in [5.74, 6) is 0.471. The lowest BCUT2D eigenvalue weighted by atomic mass is 9.90. The molecule has 1 aromatic carbocycles. The van der Waals surface area contributed by atoms with Crippen LogP contribution in [0.4, 0.5) is 13.2 Å². The van der Waals surface area contributed by atoms with Gasteiger partial charge in [-0.05, 0) is 69.2 Å². The van der Waals surface area contributed by atoms with E-state index >= 15 is 0 Å². The Labute approximate surface area is 136 Å². The number of nitrogens with zero attached hydrogens (tertiary/aromatic N) is 1.